The van der Waals surface area contributed by atoms with Crippen LogP contribution in [0.3, 0.4) is 0 Å². The Labute approximate surface area is 195 Å². The molecule has 0 saturated carbocycles. The number of likely N-dealkylation sites (tertiary alicyclic amines) is 1. The molecule has 2 aromatic carbocycles. The van der Waals surface area contributed by atoms with Gasteiger partial charge in [-0.1, -0.05) is 54.6 Å². The van der Waals surface area contributed by atoms with Crippen molar-refractivity contribution in [3.05, 3.63) is 72.3 Å². The highest BCUT2D eigenvalue weighted by atomic mass is 16.6. The van der Waals surface area contributed by atoms with E-state index in [2.05, 4.69) is 36.2 Å². The van der Waals surface area contributed by atoms with Crippen molar-refractivity contribution in [2.75, 3.05) is 19.7 Å². The van der Waals surface area contributed by atoms with Crippen LogP contribution in [0, 0.1) is 0 Å². The second-order valence-electron chi connectivity index (χ2n) is 9.88. The fourth-order valence-electron chi connectivity index (χ4n) is 4.80. The first kappa shape index (κ1) is 22.9. The molecule has 1 fully saturated rings. The van der Waals surface area contributed by atoms with E-state index in [1.807, 2.05) is 45.0 Å². The summed E-state index contributed by atoms with van der Waals surface area (Å²) in [5, 5.41) is 3.03. The first-order valence-corrected chi connectivity index (χ1v) is 11.4. The quantitative estimate of drug-likeness (QED) is 0.615. The number of nitrogens with zero attached hydrogens (tertiary/aromatic N) is 1. The van der Waals surface area contributed by atoms with Crippen LogP contribution in [0.5, 0.6) is 0 Å². The summed E-state index contributed by atoms with van der Waals surface area (Å²) in [6.45, 7) is 10.5. The van der Waals surface area contributed by atoms with Gasteiger partial charge >= 0.3 is 12.2 Å². The summed E-state index contributed by atoms with van der Waals surface area (Å²) in [6, 6.07) is 16.5. The van der Waals surface area contributed by atoms with E-state index in [9.17, 15) is 9.59 Å². The molecule has 1 N–H and O–H groups in total. The third-order valence-corrected chi connectivity index (χ3v) is 6.25. The lowest BCUT2D eigenvalue weighted by molar-refractivity contribution is 0.0278. The Bertz CT molecular complexity index is 1010. The van der Waals surface area contributed by atoms with Gasteiger partial charge in [0.25, 0.3) is 0 Å². The topological polar surface area (TPSA) is 67.9 Å². The summed E-state index contributed by atoms with van der Waals surface area (Å²) >= 11 is 0. The molecule has 2 aromatic rings. The molecule has 33 heavy (non-hydrogen) atoms. The van der Waals surface area contributed by atoms with Gasteiger partial charge in [-0.2, -0.15) is 0 Å². The Morgan fingerprint density at radius 1 is 1.12 bits per heavy atom. The van der Waals surface area contributed by atoms with Gasteiger partial charge in [0.2, 0.25) is 0 Å². The van der Waals surface area contributed by atoms with E-state index in [0.717, 1.165) is 0 Å². The van der Waals surface area contributed by atoms with E-state index < -0.39 is 17.2 Å². The maximum absolute atomic E-state index is 12.9. The molecular formula is C27H32N2O4. The monoisotopic (exact) mass is 448 g/mol. The van der Waals surface area contributed by atoms with E-state index in [0.29, 0.717) is 25.9 Å². The number of hydrogen-bond donors (Lipinski definition) is 1. The van der Waals surface area contributed by atoms with E-state index >= 15 is 0 Å². The van der Waals surface area contributed by atoms with Gasteiger partial charge in [0.15, 0.2) is 0 Å². The minimum absolute atomic E-state index is 0.000319. The molecule has 2 aliphatic rings. The van der Waals surface area contributed by atoms with Crippen LogP contribution < -0.4 is 5.32 Å². The SMILES string of the molecule is C=CCC1(NC(=O)OCC2c3ccccc3-c3ccccc32)CCN(C(=O)OC(C)(C)C)C1. The molecule has 6 heteroatoms. The zero-order chi connectivity index (χ0) is 23.6. The van der Waals surface area contributed by atoms with Gasteiger partial charge < -0.3 is 19.7 Å². The molecule has 174 valence electrons. The zero-order valence-electron chi connectivity index (χ0n) is 19.6. The van der Waals surface area contributed by atoms with E-state index in [1.165, 1.54) is 22.3 Å². The molecule has 4 rings (SSSR count). The summed E-state index contributed by atoms with van der Waals surface area (Å²) in [7, 11) is 0. The Morgan fingerprint density at radius 2 is 1.73 bits per heavy atom. The fraction of sp³-hybridized carbons (Fsp3) is 0.407. The van der Waals surface area contributed by atoms with Crippen molar-refractivity contribution >= 4 is 12.2 Å². The predicted octanol–water partition coefficient (Wildman–Crippen LogP) is 5.48. The van der Waals surface area contributed by atoms with Crippen LogP contribution in [0.2, 0.25) is 0 Å². The molecule has 0 aromatic heterocycles. The number of fused-ring (bicyclic) bond motifs is 3. The maximum Gasteiger partial charge on any atom is 0.410 e. The normalized spacial score (nSPS) is 19.5. The number of carbonyl (C=O) groups is 2. The first-order valence-electron chi connectivity index (χ1n) is 11.4. The molecule has 0 radical (unpaired) electrons. The molecular weight excluding hydrogens is 416 g/mol. The molecule has 1 unspecified atom stereocenters. The number of alkyl carbamates (subject to hydrolysis) is 1. The predicted molar refractivity (Wildman–Crippen MR) is 128 cm³/mol. The third-order valence-electron chi connectivity index (χ3n) is 6.25. The van der Waals surface area contributed by atoms with Crippen molar-refractivity contribution in [2.45, 2.75) is 50.7 Å². The van der Waals surface area contributed by atoms with Gasteiger partial charge in [-0.05, 0) is 55.9 Å². The number of amides is 2. The number of carbonyl (C=O) groups excluding carboxylic acids is 2. The van der Waals surface area contributed by atoms with E-state index in [-0.39, 0.29) is 18.6 Å². The Morgan fingerprint density at radius 3 is 2.30 bits per heavy atom. The zero-order valence-corrected chi connectivity index (χ0v) is 19.6. The lowest BCUT2D eigenvalue weighted by Crippen LogP contribution is -2.51. The highest BCUT2D eigenvalue weighted by Gasteiger charge is 2.42. The molecule has 1 atom stereocenters. The lowest BCUT2D eigenvalue weighted by atomic mass is 9.94. The van der Waals surface area contributed by atoms with Crippen LogP contribution in [-0.2, 0) is 9.47 Å². The van der Waals surface area contributed by atoms with E-state index in [1.54, 1.807) is 11.0 Å². The molecule has 0 bridgehead atoms. The summed E-state index contributed by atoms with van der Waals surface area (Å²) in [6.07, 6.45) is 2.06. The van der Waals surface area contributed by atoms with Crippen LogP contribution >= 0.6 is 0 Å². The van der Waals surface area contributed by atoms with Gasteiger partial charge in [0.05, 0.1) is 5.54 Å². The average Bonchev–Trinajstić information content (AvgIpc) is 3.31. The molecule has 1 heterocycles. The van der Waals surface area contributed by atoms with Gasteiger partial charge in [-0.3, -0.25) is 0 Å². The van der Waals surface area contributed by atoms with Crippen LogP contribution in [-0.4, -0.2) is 47.9 Å². The summed E-state index contributed by atoms with van der Waals surface area (Å²) in [5.74, 6) is 0.000319. The average molecular weight is 449 g/mol. The van der Waals surface area contributed by atoms with Crippen molar-refractivity contribution in [1.82, 2.24) is 10.2 Å². The highest BCUT2D eigenvalue weighted by Crippen LogP contribution is 2.44. The summed E-state index contributed by atoms with van der Waals surface area (Å²) < 4.78 is 11.2. The second-order valence-corrected chi connectivity index (χ2v) is 9.88. The Kier molecular flexibility index (Phi) is 6.19. The Hall–Kier alpha value is -3.28. The highest BCUT2D eigenvalue weighted by molar-refractivity contribution is 5.79. The fourth-order valence-corrected chi connectivity index (χ4v) is 4.80. The van der Waals surface area contributed by atoms with Crippen molar-refractivity contribution in [1.29, 1.82) is 0 Å². The molecule has 1 aliphatic heterocycles. The Balaban J connectivity index is 1.42. The van der Waals surface area contributed by atoms with Crippen LogP contribution in [0.15, 0.2) is 61.2 Å². The van der Waals surface area contributed by atoms with Gasteiger partial charge in [-0.15, -0.1) is 6.58 Å². The lowest BCUT2D eigenvalue weighted by Gasteiger charge is -2.30. The number of hydrogen-bond acceptors (Lipinski definition) is 4. The smallest absolute Gasteiger partial charge is 0.410 e. The third kappa shape index (κ3) is 4.90. The van der Waals surface area contributed by atoms with Crippen LogP contribution in [0.25, 0.3) is 11.1 Å². The van der Waals surface area contributed by atoms with Crippen molar-refractivity contribution in [2.24, 2.45) is 0 Å². The minimum atomic E-state index is -0.610. The van der Waals surface area contributed by atoms with Gasteiger partial charge in [-0.25, -0.2) is 9.59 Å². The van der Waals surface area contributed by atoms with Crippen molar-refractivity contribution in [3.8, 4) is 11.1 Å². The number of ether oxygens (including phenoxy) is 2. The minimum Gasteiger partial charge on any atom is -0.449 e. The molecule has 1 aliphatic carbocycles. The summed E-state index contributed by atoms with van der Waals surface area (Å²) in [4.78, 5) is 27.0. The number of benzene rings is 2. The van der Waals surface area contributed by atoms with Gasteiger partial charge in [0, 0.05) is 19.0 Å². The number of rotatable bonds is 5. The van der Waals surface area contributed by atoms with Crippen molar-refractivity contribution in [3.63, 3.8) is 0 Å². The van der Waals surface area contributed by atoms with Gasteiger partial charge in [0.1, 0.15) is 12.2 Å². The summed E-state index contributed by atoms with van der Waals surface area (Å²) in [5.41, 5.74) is 3.54. The van der Waals surface area contributed by atoms with E-state index in [4.69, 9.17) is 9.47 Å². The molecule has 6 nitrogen and oxygen atoms in total. The second kappa shape index (κ2) is 8.93. The standard InChI is InChI=1S/C27H32N2O4/c1-5-14-27(15-16-29(18-27)25(31)33-26(2,3)4)28-24(30)32-17-23-21-12-8-6-10-19(21)20-11-7-9-13-22(20)23/h5-13,23H,1,14-18H2,2-4H3,(H,28,30). The maximum atomic E-state index is 12.9. The number of nitrogens with one attached hydrogen (secondary N) is 1. The first-order chi connectivity index (χ1) is 15.7. The van der Waals surface area contributed by atoms with Crippen molar-refractivity contribution < 1.29 is 19.1 Å². The van der Waals surface area contributed by atoms with Crippen LogP contribution in [0.1, 0.15) is 50.7 Å². The molecule has 1 saturated heterocycles. The molecule has 0 spiro atoms. The molecule has 2 amide bonds. The largest absolute Gasteiger partial charge is 0.449 e. The van der Waals surface area contributed by atoms with Crippen LogP contribution in [0.4, 0.5) is 9.59 Å².